The molecule has 0 saturated heterocycles. The zero-order valence-electron chi connectivity index (χ0n) is 22.4. The second kappa shape index (κ2) is 8.58. The van der Waals surface area contributed by atoms with Crippen molar-refractivity contribution in [2.75, 3.05) is 10.2 Å². The van der Waals surface area contributed by atoms with Gasteiger partial charge in [-0.25, -0.2) is 0 Å². The van der Waals surface area contributed by atoms with Gasteiger partial charge in [0, 0.05) is 5.69 Å². The van der Waals surface area contributed by atoms with E-state index in [0.717, 1.165) is 5.69 Å². The molecule has 9 rings (SSSR count). The minimum absolute atomic E-state index is 0.0250. The maximum Gasteiger partial charge on any atom is 0.130 e. The minimum atomic E-state index is 0.0250. The molecule has 1 N–H and O–H groups in total. The summed E-state index contributed by atoms with van der Waals surface area (Å²) in [6, 6.07) is 53.1. The Kier molecular flexibility index (Phi) is 4.70. The van der Waals surface area contributed by atoms with E-state index in [4.69, 9.17) is 0 Å². The molecule has 0 amide bonds. The van der Waals surface area contributed by atoms with Crippen molar-refractivity contribution in [2.45, 2.75) is 6.17 Å². The Morgan fingerprint density at radius 2 is 1.17 bits per heavy atom. The molecule has 0 fully saturated rings. The van der Waals surface area contributed by atoms with Crippen LogP contribution in [0.25, 0.3) is 54.9 Å². The first kappa shape index (κ1) is 22.5. The van der Waals surface area contributed by atoms with Gasteiger partial charge in [-0.05, 0) is 96.9 Å². The summed E-state index contributed by atoms with van der Waals surface area (Å²) in [5.74, 6) is 0. The molecular weight excluding hydrogens is 496 g/mol. The fraction of sp³-hybridized carbons (Fsp3) is 0.0256. The van der Waals surface area contributed by atoms with Crippen LogP contribution >= 0.6 is 0 Å². The maximum absolute atomic E-state index is 3.77. The molecule has 0 saturated carbocycles. The molecule has 1 unspecified atom stereocenters. The highest BCUT2D eigenvalue weighted by Gasteiger charge is 2.31. The Morgan fingerprint density at radius 3 is 2.05 bits per heavy atom. The number of rotatable bonds is 3. The Hall–Kier alpha value is -5.34. The standard InChI is InChI=1S/C39H26N2/c1-2-9-29(10-3-1)41-37-16-7-6-15-36(37)40-39(41)28-20-18-25-23-27(19-17-26(25)24-28)30-21-22-35-32-12-5-4-11-31(32)34-14-8-13-33(30)38(34)35/h1-24,39-40H. The normalized spacial score (nSPS) is 14.7. The van der Waals surface area contributed by atoms with Gasteiger partial charge < -0.3 is 10.2 Å². The van der Waals surface area contributed by atoms with Gasteiger partial charge in [-0.15, -0.1) is 0 Å². The van der Waals surface area contributed by atoms with E-state index in [0.29, 0.717) is 0 Å². The molecule has 0 aromatic heterocycles. The van der Waals surface area contributed by atoms with Crippen molar-refractivity contribution in [3.8, 4) is 33.4 Å². The van der Waals surface area contributed by atoms with Crippen LogP contribution in [0.3, 0.4) is 0 Å². The molecule has 0 spiro atoms. The zero-order chi connectivity index (χ0) is 26.9. The summed E-state index contributed by atoms with van der Waals surface area (Å²) in [5.41, 5.74) is 12.7. The highest BCUT2D eigenvalue weighted by atomic mass is 15.3. The Bertz CT molecular complexity index is 2110. The van der Waals surface area contributed by atoms with E-state index < -0.39 is 0 Å². The lowest BCUT2D eigenvalue weighted by atomic mass is 9.93. The SMILES string of the molecule is c1ccc(N2c3ccccc3NC2c2ccc3cc(-c4ccc5c6c(cccc46)-c4ccccc4-5)ccc3c2)cc1. The summed E-state index contributed by atoms with van der Waals surface area (Å²) in [7, 11) is 0. The van der Waals surface area contributed by atoms with Crippen LogP contribution in [0.5, 0.6) is 0 Å². The van der Waals surface area contributed by atoms with Gasteiger partial charge in [0.2, 0.25) is 0 Å². The summed E-state index contributed by atoms with van der Waals surface area (Å²) in [6.07, 6.45) is 0.0250. The number of benzene rings is 7. The molecule has 1 aliphatic heterocycles. The Morgan fingerprint density at radius 1 is 0.488 bits per heavy atom. The summed E-state index contributed by atoms with van der Waals surface area (Å²) < 4.78 is 0. The van der Waals surface area contributed by atoms with Gasteiger partial charge in [0.15, 0.2) is 0 Å². The van der Waals surface area contributed by atoms with Gasteiger partial charge in [-0.2, -0.15) is 0 Å². The van der Waals surface area contributed by atoms with Crippen molar-refractivity contribution in [1.29, 1.82) is 0 Å². The molecule has 2 heteroatoms. The number of nitrogens with one attached hydrogen (secondary N) is 1. The fourth-order valence-corrected chi connectivity index (χ4v) is 6.93. The fourth-order valence-electron chi connectivity index (χ4n) is 6.93. The van der Waals surface area contributed by atoms with Gasteiger partial charge >= 0.3 is 0 Å². The molecule has 2 aliphatic rings. The van der Waals surface area contributed by atoms with E-state index in [-0.39, 0.29) is 6.17 Å². The van der Waals surface area contributed by atoms with Gasteiger partial charge in [-0.1, -0.05) is 109 Å². The lowest BCUT2D eigenvalue weighted by molar-refractivity contribution is 0.830. The molecule has 1 heterocycles. The van der Waals surface area contributed by atoms with Crippen LogP contribution in [0.2, 0.25) is 0 Å². The van der Waals surface area contributed by atoms with Crippen LogP contribution in [0.4, 0.5) is 17.1 Å². The second-order valence-electron chi connectivity index (χ2n) is 11.0. The van der Waals surface area contributed by atoms with Gasteiger partial charge in [0.05, 0.1) is 11.4 Å². The summed E-state index contributed by atoms with van der Waals surface area (Å²) in [4.78, 5) is 2.40. The predicted molar refractivity (Wildman–Crippen MR) is 173 cm³/mol. The number of hydrogen-bond acceptors (Lipinski definition) is 2. The molecule has 7 aromatic rings. The third-order valence-electron chi connectivity index (χ3n) is 8.79. The van der Waals surface area contributed by atoms with E-state index >= 15 is 0 Å². The van der Waals surface area contributed by atoms with E-state index in [2.05, 4.69) is 156 Å². The van der Waals surface area contributed by atoms with E-state index in [9.17, 15) is 0 Å². The average Bonchev–Trinajstić information content (AvgIpc) is 3.59. The molecular formula is C39H26N2. The first-order valence-electron chi connectivity index (χ1n) is 14.2. The smallest absolute Gasteiger partial charge is 0.130 e. The lowest BCUT2D eigenvalue weighted by Crippen LogP contribution is -2.23. The van der Waals surface area contributed by atoms with Crippen LogP contribution in [-0.4, -0.2) is 0 Å². The lowest BCUT2D eigenvalue weighted by Gasteiger charge is -2.27. The van der Waals surface area contributed by atoms with Crippen LogP contribution < -0.4 is 10.2 Å². The van der Waals surface area contributed by atoms with Crippen LogP contribution in [0, 0.1) is 0 Å². The molecule has 7 aromatic carbocycles. The average molecular weight is 523 g/mol. The number of anilines is 3. The van der Waals surface area contributed by atoms with Gasteiger partial charge in [0.25, 0.3) is 0 Å². The predicted octanol–water partition coefficient (Wildman–Crippen LogP) is 10.6. The topological polar surface area (TPSA) is 15.3 Å². The third-order valence-corrected chi connectivity index (χ3v) is 8.79. The largest absolute Gasteiger partial charge is 0.359 e. The first-order valence-corrected chi connectivity index (χ1v) is 14.2. The summed E-state index contributed by atoms with van der Waals surface area (Å²) in [5, 5.41) is 8.95. The zero-order valence-corrected chi connectivity index (χ0v) is 22.4. The minimum Gasteiger partial charge on any atom is -0.359 e. The van der Waals surface area contributed by atoms with E-state index in [1.165, 1.54) is 71.9 Å². The number of nitrogens with zero attached hydrogens (tertiary/aromatic N) is 1. The van der Waals surface area contributed by atoms with Gasteiger partial charge in [-0.3, -0.25) is 0 Å². The van der Waals surface area contributed by atoms with Crippen LogP contribution in [-0.2, 0) is 0 Å². The van der Waals surface area contributed by atoms with Crippen molar-refractivity contribution >= 4 is 38.6 Å². The molecule has 192 valence electrons. The molecule has 41 heavy (non-hydrogen) atoms. The Labute approximate surface area is 239 Å². The maximum atomic E-state index is 3.77. The molecule has 2 nitrogen and oxygen atoms in total. The molecule has 0 radical (unpaired) electrons. The van der Waals surface area contributed by atoms with Crippen LogP contribution in [0.15, 0.2) is 146 Å². The number of hydrogen-bond donors (Lipinski definition) is 1. The molecule has 1 aliphatic carbocycles. The Balaban J connectivity index is 1.13. The third kappa shape index (κ3) is 3.31. The number of para-hydroxylation sites is 3. The van der Waals surface area contributed by atoms with Crippen molar-refractivity contribution in [2.24, 2.45) is 0 Å². The summed E-state index contributed by atoms with van der Waals surface area (Å²) >= 11 is 0. The van der Waals surface area contributed by atoms with Crippen molar-refractivity contribution < 1.29 is 0 Å². The van der Waals surface area contributed by atoms with E-state index in [1.807, 2.05) is 0 Å². The molecule has 0 bridgehead atoms. The number of fused-ring (bicyclic) bond motifs is 5. The highest BCUT2D eigenvalue weighted by Crippen LogP contribution is 2.50. The van der Waals surface area contributed by atoms with Crippen molar-refractivity contribution in [3.05, 3.63) is 151 Å². The van der Waals surface area contributed by atoms with Gasteiger partial charge in [0.1, 0.15) is 6.17 Å². The van der Waals surface area contributed by atoms with Crippen LogP contribution in [0.1, 0.15) is 11.7 Å². The summed E-state index contributed by atoms with van der Waals surface area (Å²) in [6.45, 7) is 0. The quantitative estimate of drug-likeness (QED) is 0.248. The van der Waals surface area contributed by atoms with Crippen molar-refractivity contribution in [3.63, 3.8) is 0 Å². The second-order valence-corrected chi connectivity index (χ2v) is 11.0. The van der Waals surface area contributed by atoms with Crippen molar-refractivity contribution in [1.82, 2.24) is 0 Å². The highest BCUT2D eigenvalue weighted by molar-refractivity contribution is 6.18. The van der Waals surface area contributed by atoms with E-state index in [1.54, 1.807) is 0 Å². The molecule has 1 atom stereocenters. The monoisotopic (exact) mass is 522 g/mol. The first-order chi connectivity index (χ1) is 20.3.